The monoisotopic (exact) mass is 371 g/mol. The van der Waals surface area contributed by atoms with E-state index in [1.54, 1.807) is 0 Å². The minimum atomic E-state index is -1.23. The van der Waals surface area contributed by atoms with Gasteiger partial charge in [-0.15, -0.1) is 5.54 Å². The van der Waals surface area contributed by atoms with Gasteiger partial charge in [-0.2, -0.15) is 0 Å². The van der Waals surface area contributed by atoms with Crippen molar-refractivity contribution in [1.82, 2.24) is 4.90 Å². The topological polar surface area (TPSA) is 62.9 Å². The van der Waals surface area contributed by atoms with Crippen molar-refractivity contribution >= 4 is 8.07 Å². The molecule has 0 spiro atoms. The zero-order chi connectivity index (χ0) is 17.6. The van der Waals surface area contributed by atoms with E-state index >= 15 is 0 Å². The van der Waals surface area contributed by atoms with E-state index in [0.717, 1.165) is 0 Å². The number of hydrogen-bond acceptors (Lipinski definition) is 1. The van der Waals surface area contributed by atoms with Gasteiger partial charge in [0.25, 0.3) is 0 Å². The van der Waals surface area contributed by atoms with Gasteiger partial charge in [-0.25, -0.2) is 0 Å². The van der Waals surface area contributed by atoms with Gasteiger partial charge in [0.15, 0.2) is 0 Å². The van der Waals surface area contributed by atoms with Crippen LogP contribution in [0.15, 0.2) is 23.4 Å². The summed E-state index contributed by atoms with van der Waals surface area (Å²) in [6.45, 7) is 22.8. The Labute approximate surface area is 151 Å². The minimum absolute atomic E-state index is 0. The largest absolute Gasteiger partial charge is 0 e. The summed E-state index contributed by atoms with van der Waals surface area (Å²) in [7, 11) is -1.23. The third-order valence-electron chi connectivity index (χ3n) is 2.95. The summed E-state index contributed by atoms with van der Waals surface area (Å²) in [5, 5.41) is 0. The predicted octanol–water partition coefficient (Wildman–Crippen LogP) is 3.06. The van der Waals surface area contributed by atoms with Crippen molar-refractivity contribution in [2.24, 2.45) is 0 Å². The number of rotatable bonds is 1. The Morgan fingerprint density at radius 2 is 1.39 bits per heavy atom. The Kier molecular flexibility index (Phi) is 18.2. The number of hydrogen-bond donors (Lipinski definition) is 0. The molecule has 1 saturated heterocycles. The number of piperidine rings is 1. The summed E-state index contributed by atoms with van der Waals surface area (Å²) in [6.07, 6.45) is 8.46. The van der Waals surface area contributed by atoms with Crippen molar-refractivity contribution < 1.29 is 31.0 Å². The summed E-state index contributed by atoms with van der Waals surface area (Å²) in [5.41, 5.74) is 6.11. The average molecular weight is 371 g/mol. The standard InChI is InChI=1S/C14H21NSi.3CO.Fe/c1-16(2,3)12-9-13-7-8-14(13)15-10-5-4-6-11-15;3*1-2;/h7-8H,4-6,10-11H2,1-3H3;;;;. The van der Waals surface area contributed by atoms with Crippen LogP contribution in [-0.4, -0.2) is 26.1 Å². The Morgan fingerprint density at radius 1 is 0.913 bits per heavy atom. The van der Waals surface area contributed by atoms with Gasteiger partial charge in [0.05, 0.1) is 5.70 Å². The fourth-order valence-corrected chi connectivity index (χ4v) is 2.52. The van der Waals surface area contributed by atoms with Gasteiger partial charge in [0.1, 0.15) is 8.07 Å². The first kappa shape index (κ1) is 26.7. The van der Waals surface area contributed by atoms with Gasteiger partial charge in [0, 0.05) is 35.7 Å². The van der Waals surface area contributed by atoms with Crippen molar-refractivity contribution in [1.29, 1.82) is 0 Å². The van der Waals surface area contributed by atoms with E-state index < -0.39 is 8.07 Å². The van der Waals surface area contributed by atoms with Crippen LogP contribution in [0.4, 0.5) is 0 Å². The predicted molar refractivity (Wildman–Crippen MR) is 84.5 cm³/mol. The van der Waals surface area contributed by atoms with E-state index in [-0.39, 0.29) is 17.1 Å². The summed E-state index contributed by atoms with van der Waals surface area (Å²) in [5.74, 6) is 3.37. The second-order valence-corrected chi connectivity index (χ2v) is 10.4. The molecule has 1 aliphatic carbocycles. The van der Waals surface area contributed by atoms with E-state index in [1.165, 1.54) is 43.6 Å². The van der Waals surface area contributed by atoms with Crippen LogP contribution in [0.5, 0.6) is 0 Å². The van der Waals surface area contributed by atoms with Crippen LogP contribution in [0.2, 0.25) is 19.6 Å². The number of nitrogens with zero attached hydrogens (tertiary/aromatic N) is 1. The molecule has 4 nitrogen and oxygen atoms in total. The van der Waals surface area contributed by atoms with Crippen LogP contribution in [0.1, 0.15) is 19.3 Å². The van der Waals surface area contributed by atoms with Gasteiger partial charge < -0.3 is 4.90 Å². The third-order valence-corrected chi connectivity index (χ3v) is 3.83. The van der Waals surface area contributed by atoms with Crippen LogP contribution in [0.25, 0.3) is 0 Å². The second-order valence-electron chi connectivity index (χ2n) is 5.68. The minimum Gasteiger partial charge on any atom is 0 e. The molecule has 23 heavy (non-hydrogen) atoms. The van der Waals surface area contributed by atoms with Gasteiger partial charge in [-0.3, -0.25) is 0 Å². The van der Waals surface area contributed by atoms with Crippen molar-refractivity contribution in [2.45, 2.75) is 38.9 Å². The molecule has 2 rings (SSSR count). The van der Waals surface area contributed by atoms with Crippen molar-refractivity contribution in [2.75, 3.05) is 13.1 Å². The fourth-order valence-electron chi connectivity index (χ4n) is 2.01. The molecule has 0 aromatic heterocycles. The first-order chi connectivity index (χ1) is 10.6. The molecule has 1 heterocycles. The molecule has 0 aromatic rings. The number of allylic oxidation sites excluding steroid dienone is 3. The van der Waals surface area contributed by atoms with Crippen molar-refractivity contribution in [3.05, 3.63) is 43.4 Å². The van der Waals surface area contributed by atoms with E-state index in [2.05, 4.69) is 68.1 Å². The van der Waals surface area contributed by atoms with Gasteiger partial charge in [-0.1, -0.05) is 25.6 Å². The normalized spacial score (nSPS) is 14.4. The Bertz CT molecular complexity index is 496. The summed E-state index contributed by atoms with van der Waals surface area (Å²) in [4.78, 5) is 2.50. The smallest absolute Gasteiger partial charge is 0 e. The van der Waals surface area contributed by atoms with Gasteiger partial charge >= 0.3 is 33.9 Å². The molecule has 0 saturated carbocycles. The molecule has 0 aromatic carbocycles. The van der Waals surface area contributed by atoms with E-state index in [9.17, 15) is 0 Å². The molecule has 2 aliphatic rings. The quantitative estimate of drug-likeness (QED) is 0.302. The molecule has 0 bridgehead atoms. The Morgan fingerprint density at radius 3 is 1.74 bits per heavy atom. The Hall–Kier alpha value is -1.20. The van der Waals surface area contributed by atoms with Gasteiger partial charge in [-0.05, 0) is 31.4 Å². The zero-order valence-electron chi connectivity index (χ0n) is 13.7. The maximum Gasteiger partial charge on any atom is 0 e. The molecular formula is C17H21FeNO3Si. The van der Waals surface area contributed by atoms with E-state index in [4.69, 9.17) is 14.0 Å². The number of likely N-dealkylation sites (tertiary alicyclic amines) is 1. The van der Waals surface area contributed by atoms with Crippen LogP contribution in [0, 0.1) is 31.4 Å². The molecule has 1 aliphatic heterocycles. The summed E-state index contributed by atoms with van der Waals surface area (Å²) < 4.78 is 22.5. The van der Waals surface area contributed by atoms with Crippen LogP contribution < -0.4 is 0 Å². The van der Waals surface area contributed by atoms with Crippen molar-refractivity contribution in [3.8, 4) is 11.5 Å². The van der Waals surface area contributed by atoms with Crippen LogP contribution in [0.3, 0.4) is 0 Å². The zero-order valence-corrected chi connectivity index (χ0v) is 15.8. The molecule has 0 N–H and O–H groups in total. The third kappa shape index (κ3) is 11.0. The maximum absolute atomic E-state index is 7.50. The fraction of sp³-hybridized carbons (Fsp3) is 0.471. The molecule has 0 radical (unpaired) electrons. The Balaban J connectivity index is -0.000000514. The first-order valence-electron chi connectivity index (χ1n) is 6.88. The molecule has 124 valence electrons. The summed E-state index contributed by atoms with van der Waals surface area (Å²) >= 11 is 0. The summed E-state index contributed by atoms with van der Waals surface area (Å²) in [6, 6.07) is 0. The van der Waals surface area contributed by atoms with Crippen LogP contribution in [-0.2, 0) is 31.0 Å². The molecule has 0 unspecified atom stereocenters. The second kappa shape index (κ2) is 15.7. The molecule has 0 atom stereocenters. The van der Waals surface area contributed by atoms with E-state index in [0.29, 0.717) is 0 Å². The molecule has 6 heteroatoms. The molecular weight excluding hydrogens is 350 g/mol. The maximum atomic E-state index is 7.50. The molecule has 1 fully saturated rings. The van der Waals surface area contributed by atoms with Gasteiger partial charge in [0.2, 0.25) is 0 Å². The van der Waals surface area contributed by atoms with Crippen molar-refractivity contribution in [3.63, 3.8) is 0 Å². The first-order valence-corrected chi connectivity index (χ1v) is 10.4. The average Bonchev–Trinajstić information content (AvgIpc) is 2.52. The van der Waals surface area contributed by atoms with E-state index in [1.807, 2.05) is 0 Å². The van der Waals surface area contributed by atoms with Crippen LogP contribution >= 0.6 is 0 Å². The SMILES string of the molecule is C[Si](C)(C)C#CC1=C(N2CCCCC2)C=C1.[C-]#[O+].[C-]#[O+].[C-]#[O+].[Fe]. The molecule has 0 amide bonds.